The smallest absolute Gasteiger partial charge is 0.227 e. The number of piperazine rings is 1. The Morgan fingerprint density at radius 1 is 1.32 bits per heavy atom. The van der Waals surface area contributed by atoms with E-state index in [2.05, 4.69) is 21.0 Å². The Balaban J connectivity index is 1.75. The van der Waals surface area contributed by atoms with Crippen molar-refractivity contribution < 1.29 is 4.79 Å². The number of allylic oxidation sites excluding steroid dienone is 2. The average molecular weight is 294 g/mol. The first-order valence-electron chi connectivity index (χ1n) is 7.42. The van der Waals surface area contributed by atoms with Gasteiger partial charge in [-0.1, -0.05) is 6.07 Å². The van der Waals surface area contributed by atoms with Crippen LogP contribution in [0, 0.1) is 0 Å². The Labute approximate surface area is 129 Å². The van der Waals surface area contributed by atoms with Crippen molar-refractivity contribution in [1.29, 1.82) is 0 Å². The van der Waals surface area contributed by atoms with Crippen LogP contribution >= 0.6 is 0 Å². The molecule has 2 aliphatic rings. The molecule has 1 N–H and O–H groups in total. The normalized spacial score (nSPS) is 17.7. The standard InChI is InChI=1S/C17H18N4O/c22-17(21-10-8-18-9-11-21)13-14-4-3-7-20-16(12-14)15-5-1-2-6-19-15/h1-2,4-7,12,18H,8-11,13H2. The van der Waals surface area contributed by atoms with Gasteiger partial charge in [-0.25, -0.2) is 4.99 Å². The number of pyridine rings is 1. The molecule has 0 atom stereocenters. The van der Waals surface area contributed by atoms with Crippen molar-refractivity contribution >= 4 is 11.6 Å². The molecule has 0 bridgehead atoms. The predicted octanol–water partition coefficient (Wildman–Crippen LogP) is 1.30. The number of hydrogen-bond acceptors (Lipinski definition) is 4. The number of hydrogen-bond donors (Lipinski definition) is 1. The lowest BCUT2D eigenvalue weighted by Crippen LogP contribution is -2.46. The van der Waals surface area contributed by atoms with Gasteiger partial charge in [0, 0.05) is 32.4 Å². The summed E-state index contributed by atoms with van der Waals surface area (Å²) in [5.74, 6) is 0.146. The number of carbonyl (C=O) groups excluding carboxylic acids is 1. The van der Waals surface area contributed by atoms with E-state index in [0.29, 0.717) is 6.42 Å². The second kappa shape index (κ2) is 6.98. The van der Waals surface area contributed by atoms with Crippen LogP contribution < -0.4 is 5.32 Å². The SMILES string of the molecule is O=C(CC1=CC(c2ccccn2)=NC=C=C1)N1CCNCC1. The average Bonchev–Trinajstić information content (AvgIpc) is 2.82. The summed E-state index contributed by atoms with van der Waals surface area (Å²) in [4.78, 5) is 22.9. The van der Waals surface area contributed by atoms with Crippen LogP contribution in [0.1, 0.15) is 12.1 Å². The Morgan fingerprint density at radius 3 is 2.95 bits per heavy atom. The van der Waals surface area contributed by atoms with Crippen LogP contribution in [0.3, 0.4) is 0 Å². The van der Waals surface area contributed by atoms with E-state index in [1.165, 1.54) is 0 Å². The van der Waals surface area contributed by atoms with Crippen molar-refractivity contribution in [1.82, 2.24) is 15.2 Å². The van der Waals surface area contributed by atoms with Gasteiger partial charge in [0.15, 0.2) is 0 Å². The molecule has 1 fully saturated rings. The minimum atomic E-state index is 0.146. The second-order valence-corrected chi connectivity index (χ2v) is 5.20. The number of nitrogens with one attached hydrogen (secondary N) is 1. The van der Waals surface area contributed by atoms with Crippen LogP contribution in [0.15, 0.2) is 59.0 Å². The zero-order chi connectivity index (χ0) is 15.2. The van der Waals surface area contributed by atoms with Crippen LogP contribution in [-0.4, -0.2) is 47.7 Å². The highest BCUT2D eigenvalue weighted by atomic mass is 16.2. The fraction of sp³-hybridized carbons (Fsp3) is 0.294. The highest BCUT2D eigenvalue weighted by Gasteiger charge is 2.17. The molecule has 0 spiro atoms. The van der Waals surface area contributed by atoms with Gasteiger partial charge in [0.1, 0.15) is 0 Å². The minimum Gasteiger partial charge on any atom is -0.340 e. The fourth-order valence-corrected chi connectivity index (χ4v) is 2.46. The molecule has 1 aromatic rings. The van der Waals surface area contributed by atoms with E-state index < -0.39 is 0 Å². The van der Waals surface area contributed by atoms with Gasteiger partial charge in [-0.05, 0) is 29.9 Å². The maximum absolute atomic E-state index is 12.4. The Bertz CT molecular complexity index is 663. The molecule has 0 saturated carbocycles. The van der Waals surface area contributed by atoms with E-state index in [1.54, 1.807) is 12.4 Å². The molecule has 1 amide bonds. The summed E-state index contributed by atoms with van der Waals surface area (Å²) in [6.45, 7) is 3.27. The van der Waals surface area contributed by atoms with Gasteiger partial charge in [0.2, 0.25) is 5.91 Å². The lowest BCUT2D eigenvalue weighted by Gasteiger charge is -2.27. The highest BCUT2D eigenvalue weighted by Crippen LogP contribution is 2.12. The van der Waals surface area contributed by atoms with Gasteiger partial charge in [-0.15, -0.1) is 5.73 Å². The van der Waals surface area contributed by atoms with Crippen LogP contribution in [0.25, 0.3) is 0 Å². The summed E-state index contributed by atoms with van der Waals surface area (Å²) < 4.78 is 0. The first kappa shape index (κ1) is 14.4. The predicted molar refractivity (Wildman–Crippen MR) is 85.6 cm³/mol. The minimum absolute atomic E-state index is 0.146. The molecular formula is C17H18N4O. The van der Waals surface area contributed by atoms with E-state index in [9.17, 15) is 4.79 Å². The molecule has 5 nitrogen and oxygen atoms in total. The molecule has 1 aromatic heterocycles. The highest BCUT2D eigenvalue weighted by molar-refractivity contribution is 6.08. The fourth-order valence-electron chi connectivity index (χ4n) is 2.46. The summed E-state index contributed by atoms with van der Waals surface area (Å²) in [6.07, 6.45) is 7.45. The van der Waals surface area contributed by atoms with E-state index in [1.807, 2.05) is 35.3 Å². The molecule has 22 heavy (non-hydrogen) atoms. The maximum atomic E-state index is 12.4. The topological polar surface area (TPSA) is 57.6 Å². The third-order valence-corrected chi connectivity index (χ3v) is 3.62. The Kier molecular flexibility index (Phi) is 4.59. The molecule has 0 aromatic carbocycles. The van der Waals surface area contributed by atoms with Crippen LogP contribution in [0.5, 0.6) is 0 Å². The third kappa shape index (κ3) is 3.58. The molecular weight excluding hydrogens is 276 g/mol. The van der Waals surface area contributed by atoms with E-state index in [4.69, 9.17) is 0 Å². The molecule has 3 heterocycles. The summed E-state index contributed by atoms with van der Waals surface area (Å²) in [5, 5.41) is 3.25. The zero-order valence-corrected chi connectivity index (χ0v) is 12.3. The first-order valence-corrected chi connectivity index (χ1v) is 7.42. The van der Waals surface area contributed by atoms with Crippen molar-refractivity contribution in [3.8, 4) is 0 Å². The van der Waals surface area contributed by atoms with E-state index in [-0.39, 0.29) is 5.91 Å². The monoisotopic (exact) mass is 294 g/mol. The number of aliphatic imine (C=N–C) groups is 1. The zero-order valence-electron chi connectivity index (χ0n) is 12.3. The molecule has 3 rings (SSSR count). The number of amides is 1. The molecule has 0 aliphatic carbocycles. The van der Waals surface area contributed by atoms with Crippen molar-refractivity contribution in [2.24, 2.45) is 4.99 Å². The Morgan fingerprint density at radius 2 is 2.18 bits per heavy atom. The second-order valence-electron chi connectivity index (χ2n) is 5.20. The number of carbonyl (C=O) groups is 1. The third-order valence-electron chi connectivity index (χ3n) is 3.62. The van der Waals surface area contributed by atoms with Gasteiger partial charge < -0.3 is 10.2 Å². The Hall–Kier alpha value is -2.49. The van der Waals surface area contributed by atoms with Gasteiger partial charge in [-0.2, -0.15) is 0 Å². The van der Waals surface area contributed by atoms with Crippen LogP contribution in [0.2, 0.25) is 0 Å². The number of rotatable bonds is 3. The van der Waals surface area contributed by atoms with Crippen molar-refractivity contribution in [3.63, 3.8) is 0 Å². The molecule has 1 saturated heterocycles. The van der Waals surface area contributed by atoms with Gasteiger partial charge in [0.05, 0.1) is 24.0 Å². The summed E-state index contributed by atoms with van der Waals surface area (Å²) in [7, 11) is 0. The molecule has 5 heteroatoms. The van der Waals surface area contributed by atoms with Gasteiger partial charge in [0.25, 0.3) is 0 Å². The molecule has 112 valence electrons. The van der Waals surface area contributed by atoms with Crippen molar-refractivity contribution in [2.45, 2.75) is 6.42 Å². The summed E-state index contributed by atoms with van der Waals surface area (Å²) in [5.41, 5.74) is 5.44. The van der Waals surface area contributed by atoms with Gasteiger partial charge >= 0.3 is 0 Å². The van der Waals surface area contributed by atoms with Crippen LogP contribution in [0.4, 0.5) is 0 Å². The number of aromatic nitrogens is 1. The van der Waals surface area contributed by atoms with Crippen molar-refractivity contribution in [3.05, 3.63) is 59.7 Å². The number of nitrogens with zero attached hydrogens (tertiary/aromatic N) is 3. The molecule has 0 radical (unpaired) electrons. The first-order chi connectivity index (χ1) is 10.8. The molecule has 0 unspecified atom stereocenters. The van der Waals surface area contributed by atoms with E-state index >= 15 is 0 Å². The van der Waals surface area contributed by atoms with Crippen LogP contribution in [-0.2, 0) is 4.79 Å². The summed E-state index contributed by atoms with van der Waals surface area (Å²) in [6, 6.07) is 5.70. The van der Waals surface area contributed by atoms with Crippen molar-refractivity contribution in [2.75, 3.05) is 26.2 Å². The maximum Gasteiger partial charge on any atom is 0.227 e. The summed E-state index contributed by atoms with van der Waals surface area (Å²) >= 11 is 0. The lowest BCUT2D eigenvalue weighted by atomic mass is 10.1. The lowest BCUT2D eigenvalue weighted by molar-refractivity contribution is -0.130. The largest absolute Gasteiger partial charge is 0.340 e. The quantitative estimate of drug-likeness (QED) is 0.855. The van der Waals surface area contributed by atoms with Gasteiger partial charge in [-0.3, -0.25) is 9.78 Å². The van der Waals surface area contributed by atoms with E-state index in [0.717, 1.165) is 43.2 Å². The molecule has 2 aliphatic heterocycles.